The van der Waals surface area contributed by atoms with Crippen molar-refractivity contribution >= 4 is 10.9 Å². The van der Waals surface area contributed by atoms with Crippen molar-refractivity contribution in [2.24, 2.45) is 0 Å². The second-order valence-corrected chi connectivity index (χ2v) is 4.68. The maximum absolute atomic E-state index is 12.9. The lowest BCUT2D eigenvalue weighted by Crippen LogP contribution is -2.08. The third kappa shape index (κ3) is 2.09. The quantitative estimate of drug-likeness (QED) is 0.709. The predicted molar refractivity (Wildman–Crippen MR) is 73.9 cm³/mol. The van der Waals surface area contributed by atoms with E-state index in [9.17, 15) is 8.78 Å². The van der Waals surface area contributed by atoms with Crippen LogP contribution in [0.3, 0.4) is 0 Å². The van der Waals surface area contributed by atoms with Crippen molar-refractivity contribution in [3.05, 3.63) is 54.2 Å². The number of imidazole rings is 1. The molecule has 0 unspecified atom stereocenters. The number of para-hydroxylation sites is 1. The summed E-state index contributed by atoms with van der Waals surface area (Å²) in [5.41, 5.74) is 2.31. The SMILES string of the molecule is CCc1cccc2ccn(Cc3nccn3C(F)F)c12. The zero-order valence-corrected chi connectivity index (χ0v) is 11.1. The van der Waals surface area contributed by atoms with Gasteiger partial charge in [-0.05, 0) is 23.4 Å². The largest absolute Gasteiger partial charge is 0.340 e. The number of nitrogens with zero attached hydrogens (tertiary/aromatic N) is 3. The van der Waals surface area contributed by atoms with Gasteiger partial charge < -0.3 is 4.57 Å². The molecule has 0 saturated carbocycles. The van der Waals surface area contributed by atoms with E-state index in [2.05, 4.69) is 18.0 Å². The van der Waals surface area contributed by atoms with Crippen LogP contribution in [0.25, 0.3) is 10.9 Å². The molecule has 1 aromatic carbocycles. The molecular formula is C15H15F2N3. The highest BCUT2D eigenvalue weighted by Crippen LogP contribution is 2.22. The average Bonchev–Trinajstić information content (AvgIpc) is 3.06. The first-order valence-electron chi connectivity index (χ1n) is 6.57. The fourth-order valence-corrected chi connectivity index (χ4v) is 2.55. The van der Waals surface area contributed by atoms with Gasteiger partial charge in [-0.3, -0.25) is 4.57 Å². The van der Waals surface area contributed by atoms with E-state index in [1.54, 1.807) is 0 Å². The Morgan fingerprint density at radius 3 is 2.80 bits per heavy atom. The second-order valence-electron chi connectivity index (χ2n) is 4.68. The van der Waals surface area contributed by atoms with Crippen LogP contribution in [0.15, 0.2) is 42.9 Å². The summed E-state index contributed by atoms with van der Waals surface area (Å²) < 4.78 is 28.6. The van der Waals surface area contributed by atoms with Crippen molar-refractivity contribution in [1.29, 1.82) is 0 Å². The van der Waals surface area contributed by atoms with Crippen molar-refractivity contribution in [2.45, 2.75) is 26.4 Å². The Hall–Kier alpha value is -2.17. The molecule has 2 aromatic heterocycles. The van der Waals surface area contributed by atoms with E-state index in [0.29, 0.717) is 12.4 Å². The predicted octanol–water partition coefficient (Wildman–Crippen LogP) is 3.84. The van der Waals surface area contributed by atoms with Crippen LogP contribution >= 0.6 is 0 Å². The van der Waals surface area contributed by atoms with Crippen LogP contribution in [0.5, 0.6) is 0 Å². The molecule has 20 heavy (non-hydrogen) atoms. The van der Waals surface area contributed by atoms with Gasteiger partial charge in [0.2, 0.25) is 0 Å². The Labute approximate surface area is 115 Å². The topological polar surface area (TPSA) is 22.8 Å². The van der Waals surface area contributed by atoms with Crippen molar-refractivity contribution in [1.82, 2.24) is 14.1 Å². The van der Waals surface area contributed by atoms with Crippen LogP contribution in [0.2, 0.25) is 0 Å². The fourth-order valence-electron chi connectivity index (χ4n) is 2.55. The summed E-state index contributed by atoms with van der Waals surface area (Å²) in [4.78, 5) is 4.04. The number of aryl methyl sites for hydroxylation is 1. The first-order valence-corrected chi connectivity index (χ1v) is 6.57. The average molecular weight is 275 g/mol. The Morgan fingerprint density at radius 2 is 2.05 bits per heavy atom. The molecule has 0 amide bonds. The second kappa shape index (κ2) is 5.07. The lowest BCUT2D eigenvalue weighted by atomic mass is 10.1. The van der Waals surface area contributed by atoms with Gasteiger partial charge in [0, 0.05) is 18.6 Å². The molecule has 3 nitrogen and oxygen atoms in total. The summed E-state index contributed by atoms with van der Waals surface area (Å²) in [6.07, 6.45) is 5.55. The highest BCUT2D eigenvalue weighted by atomic mass is 19.3. The van der Waals surface area contributed by atoms with Gasteiger partial charge in [0.1, 0.15) is 5.82 Å². The number of alkyl halides is 2. The Kier molecular flexibility index (Phi) is 3.26. The Morgan fingerprint density at radius 1 is 1.20 bits per heavy atom. The van der Waals surface area contributed by atoms with Crippen LogP contribution in [-0.2, 0) is 13.0 Å². The molecule has 0 radical (unpaired) electrons. The Balaban J connectivity index is 2.05. The van der Waals surface area contributed by atoms with Gasteiger partial charge in [-0.15, -0.1) is 0 Å². The number of aromatic nitrogens is 3. The molecule has 0 atom stereocenters. The monoisotopic (exact) mass is 275 g/mol. The summed E-state index contributed by atoms with van der Waals surface area (Å²) in [5.74, 6) is 0.364. The molecule has 0 saturated heterocycles. The number of halogens is 2. The minimum absolute atomic E-state index is 0.345. The van der Waals surface area contributed by atoms with Gasteiger partial charge in [0.15, 0.2) is 0 Å². The fraction of sp³-hybridized carbons (Fsp3) is 0.267. The zero-order chi connectivity index (χ0) is 14.1. The molecule has 0 bridgehead atoms. The van der Waals surface area contributed by atoms with Crippen LogP contribution in [-0.4, -0.2) is 14.1 Å². The van der Waals surface area contributed by atoms with E-state index in [-0.39, 0.29) is 0 Å². The molecule has 5 heteroatoms. The van der Waals surface area contributed by atoms with E-state index in [0.717, 1.165) is 21.9 Å². The van der Waals surface area contributed by atoms with E-state index in [1.807, 2.05) is 29.0 Å². The van der Waals surface area contributed by atoms with Crippen molar-refractivity contribution < 1.29 is 8.78 Å². The van der Waals surface area contributed by atoms with Crippen LogP contribution in [0.1, 0.15) is 24.9 Å². The summed E-state index contributed by atoms with van der Waals surface area (Å²) in [5, 5.41) is 1.12. The minimum Gasteiger partial charge on any atom is -0.340 e. The zero-order valence-electron chi connectivity index (χ0n) is 11.1. The van der Waals surface area contributed by atoms with Gasteiger partial charge in [-0.1, -0.05) is 25.1 Å². The molecule has 0 fully saturated rings. The van der Waals surface area contributed by atoms with E-state index in [4.69, 9.17) is 0 Å². The molecule has 0 aliphatic carbocycles. The van der Waals surface area contributed by atoms with Gasteiger partial charge in [-0.2, -0.15) is 8.78 Å². The maximum atomic E-state index is 12.9. The van der Waals surface area contributed by atoms with E-state index >= 15 is 0 Å². The van der Waals surface area contributed by atoms with Crippen molar-refractivity contribution in [2.75, 3.05) is 0 Å². The molecule has 0 aliphatic rings. The third-order valence-corrected chi connectivity index (χ3v) is 3.52. The van der Waals surface area contributed by atoms with Crippen LogP contribution in [0, 0.1) is 0 Å². The first kappa shape index (κ1) is 12.8. The highest BCUT2D eigenvalue weighted by Gasteiger charge is 2.13. The van der Waals surface area contributed by atoms with Gasteiger partial charge in [0.25, 0.3) is 0 Å². The highest BCUT2D eigenvalue weighted by molar-refractivity contribution is 5.83. The Bertz CT molecular complexity index is 728. The van der Waals surface area contributed by atoms with E-state index in [1.165, 1.54) is 18.0 Å². The number of hydrogen-bond donors (Lipinski definition) is 0. The summed E-state index contributed by atoms with van der Waals surface area (Å²) in [6, 6.07) is 8.12. The summed E-state index contributed by atoms with van der Waals surface area (Å²) in [7, 11) is 0. The van der Waals surface area contributed by atoms with Crippen molar-refractivity contribution in [3.8, 4) is 0 Å². The number of fused-ring (bicyclic) bond motifs is 1. The molecule has 3 rings (SSSR count). The summed E-state index contributed by atoms with van der Waals surface area (Å²) in [6.45, 7) is -0.121. The van der Waals surface area contributed by atoms with Crippen LogP contribution < -0.4 is 0 Å². The van der Waals surface area contributed by atoms with E-state index < -0.39 is 6.55 Å². The standard InChI is InChI=1S/C15H15F2N3/c1-2-11-4-3-5-12-6-8-19(14(11)12)10-13-18-7-9-20(13)15(16)17/h3-9,15H,2,10H2,1H3. The number of hydrogen-bond acceptors (Lipinski definition) is 1. The third-order valence-electron chi connectivity index (χ3n) is 3.52. The number of rotatable bonds is 4. The van der Waals surface area contributed by atoms with Crippen molar-refractivity contribution in [3.63, 3.8) is 0 Å². The molecule has 0 aliphatic heterocycles. The van der Waals surface area contributed by atoms with Crippen LogP contribution in [0.4, 0.5) is 8.78 Å². The molecular weight excluding hydrogens is 260 g/mol. The van der Waals surface area contributed by atoms with Gasteiger partial charge in [0.05, 0.1) is 12.1 Å². The molecule has 104 valence electrons. The minimum atomic E-state index is -2.56. The first-order chi connectivity index (χ1) is 9.70. The lowest BCUT2D eigenvalue weighted by molar-refractivity contribution is 0.0667. The molecule has 2 heterocycles. The number of benzene rings is 1. The molecule has 3 aromatic rings. The summed E-state index contributed by atoms with van der Waals surface area (Å²) >= 11 is 0. The normalized spacial score (nSPS) is 11.6. The molecule has 0 spiro atoms. The smallest absolute Gasteiger partial charge is 0.319 e. The maximum Gasteiger partial charge on any atom is 0.319 e. The van der Waals surface area contributed by atoms with Gasteiger partial charge in [-0.25, -0.2) is 4.98 Å². The van der Waals surface area contributed by atoms with Gasteiger partial charge >= 0.3 is 6.55 Å². The molecule has 0 N–H and O–H groups in total. The lowest BCUT2D eigenvalue weighted by Gasteiger charge is -2.10.